The number of aryl methyl sites for hydroxylation is 1. The molecule has 0 spiro atoms. The number of carbonyl (C=O) groups excluding carboxylic acids is 1. The minimum absolute atomic E-state index is 0.244. The third kappa shape index (κ3) is 4.62. The molecule has 0 saturated carbocycles. The number of para-hydroxylation sites is 1. The molecule has 7 heteroatoms. The van der Waals surface area contributed by atoms with Crippen LogP contribution in [-0.2, 0) is 11.2 Å². The van der Waals surface area contributed by atoms with Crippen molar-refractivity contribution in [1.82, 2.24) is 0 Å². The smallest absolute Gasteiger partial charge is 0.336 e. The molecule has 3 rings (SSSR count). The summed E-state index contributed by atoms with van der Waals surface area (Å²) in [6, 6.07) is 11.6. The van der Waals surface area contributed by atoms with Gasteiger partial charge in [-0.1, -0.05) is 42.6 Å². The Labute approximate surface area is 165 Å². The summed E-state index contributed by atoms with van der Waals surface area (Å²) < 4.78 is 10.8. The normalized spacial score (nSPS) is 10.8. The summed E-state index contributed by atoms with van der Waals surface area (Å²) in [6.07, 6.45) is 1.70. The number of rotatable bonds is 6. The highest BCUT2D eigenvalue weighted by atomic mass is 35.5. The summed E-state index contributed by atoms with van der Waals surface area (Å²) in [5, 5.41) is 4.16. The number of amides is 1. The SMILES string of the molecule is CCCc1cc(=O)oc2cc(OCC(=O)Nc3c(Cl)cccc3Cl)ccc12. The van der Waals surface area contributed by atoms with Gasteiger partial charge in [0.25, 0.3) is 5.91 Å². The molecule has 0 aliphatic heterocycles. The summed E-state index contributed by atoms with van der Waals surface area (Å²) in [5.74, 6) is 0.00554. The first-order chi connectivity index (χ1) is 13.0. The molecule has 0 bridgehead atoms. The molecule has 0 radical (unpaired) electrons. The van der Waals surface area contributed by atoms with E-state index in [0.717, 1.165) is 23.8 Å². The Morgan fingerprint density at radius 3 is 2.59 bits per heavy atom. The highest BCUT2D eigenvalue weighted by molar-refractivity contribution is 6.39. The molecule has 1 aromatic heterocycles. The average molecular weight is 406 g/mol. The zero-order chi connectivity index (χ0) is 19.4. The van der Waals surface area contributed by atoms with E-state index in [-0.39, 0.29) is 6.61 Å². The Kier molecular flexibility index (Phi) is 6.04. The summed E-state index contributed by atoms with van der Waals surface area (Å²) in [7, 11) is 0. The molecule has 0 atom stereocenters. The van der Waals surface area contributed by atoms with E-state index in [1.165, 1.54) is 6.07 Å². The van der Waals surface area contributed by atoms with Crippen LogP contribution in [0.3, 0.4) is 0 Å². The van der Waals surface area contributed by atoms with Gasteiger partial charge in [-0.15, -0.1) is 0 Å². The van der Waals surface area contributed by atoms with Crippen LogP contribution in [0.1, 0.15) is 18.9 Å². The molecule has 0 aliphatic rings. The number of fused-ring (bicyclic) bond motifs is 1. The number of hydrogen-bond acceptors (Lipinski definition) is 4. The molecule has 0 saturated heterocycles. The van der Waals surface area contributed by atoms with Gasteiger partial charge >= 0.3 is 5.63 Å². The molecular formula is C20H17Cl2NO4. The standard InChI is InChI=1S/C20H17Cl2NO4/c1-2-4-12-9-19(25)27-17-10-13(7-8-14(12)17)26-11-18(24)23-20-15(21)5-3-6-16(20)22/h3,5-10H,2,4,11H2,1H3,(H,23,24). The molecule has 5 nitrogen and oxygen atoms in total. The largest absolute Gasteiger partial charge is 0.484 e. The highest BCUT2D eigenvalue weighted by Crippen LogP contribution is 2.29. The molecular weight excluding hydrogens is 389 g/mol. The van der Waals surface area contributed by atoms with Gasteiger partial charge in [-0.05, 0) is 36.2 Å². The predicted octanol–water partition coefficient (Wildman–Crippen LogP) is 5.07. The third-order valence-corrected chi connectivity index (χ3v) is 4.55. The number of halogens is 2. The fourth-order valence-corrected chi connectivity index (χ4v) is 3.21. The molecule has 0 fully saturated rings. The first-order valence-corrected chi connectivity index (χ1v) is 9.17. The van der Waals surface area contributed by atoms with Gasteiger partial charge in [0.15, 0.2) is 6.61 Å². The van der Waals surface area contributed by atoms with Crippen LogP contribution in [0.15, 0.2) is 51.7 Å². The van der Waals surface area contributed by atoms with Gasteiger partial charge in [0.2, 0.25) is 0 Å². The lowest BCUT2D eigenvalue weighted by Crippen LogP contribution is -2.20. The van der Waals surface area contributed by atoms with Crippen LogP contribution in [0.4, 0.5) is 5.69 Å². The lowest BCUT2D eigenvalue weighted by atomic mass is 10.1. The van der Waals surface area contributed by atoms with Crippen LogP contribution in [0, 0.1) is 0 Å². The van der Waals surface area contributed by atoms with Crippen LogP contribution in [0.5, 0.6) is 5.75 Å². The Bertz CT molecular complexity index is 1030. The maximum absolute atomic E-state index is 12.1. The summed E-state index contributed by atoms with van der Waals surface area (Å²) in [6.45, 7) is 1.80. The van der Waals surface area contributed by atoms with E-state index in [1.54, 1.807) is 30.3 Å². The lowest BCUT2D eigenvalue weighted by molar-refractivity contribution is -0.118. The number of carbonyl (C=O) groups is 1. The van der Waals surface area contributed by atoms with Crippen molar-refractivity contribution in [2.45, 2.75) is 19.8 Å². The van der Waals surface area contributed by atoms with Crippen LogP contribution in [0.2, 0.25) is 10.0 Å². The van der Waals surface area contributed by atoms with E-state index in [2.05, 4.69) is 5.32 Å². The number of benzene rings is 2. The molecule has 1 heterocycles. The van der Waals surface area contributed by atoms with Gasteiger partial charge in [0.1, 0.15) is 11.3 Å². The van der Waals surface area contributed by atoms with Crippen LogP contribution < -0.4 is 15.7 Å². The van der Waals surface area contributed by atoms with E-state index in [4.69, 9.17) is 32.4 Å². The number of anilines is 1. The molecule has 2 aromatic carbocycles. The maximum atomic E-state index is 12.1. The van der Waals surface area contributed by atoms with Crippen molar-refractivity contribution in [3.8, 4) is 5.75 Å². The molecule has 3 aromatic rings. The number of hydrogen-bond donors (Lipinski definition) is 1. The van der Waals surface area contributed by atoms with Gasteiger partial charge in [-0.25, -0.2) is 4.79 Å². The van der Waals surface area contributed by atoms with E-state index in [9.17, 15) is 9.59 Å². The molecule has 0 aliphatic carbocycles. The third-order valence-electron chi connectivity index (χ3n) is 3.92. The molecule has 1 amide bonds. The second-order valence-corrected chi connectivity index (χ2v) is 6.75. The van der Waals surface area contributed by atoms with Crippen LogP contribution >= 0.6 is 23.2 Å². The zero-order valence-corrected chi connectivity index (χ0v) is 16.1. The van der Waals surface area contributed by atoms with Gasteiger partial charge < -0.3 is 14.5 Å². The number of nitrogens with one attached hydrogen (secondary N) is 1. The van der Waals surface area contributed by atoms with Crippen molar-refractivity contribution >= 4 is 45.8 Å². The van der Waals surface area contributed by atoms with Crippen molar-refractivity contribution in [1.29, 1.82) is 0 Å². The summed E-state index contributed by atoms with van der Waals surface area (Å²) in [5.41, 5.74) is 1.29. The van der Waals surface area contributed by atoms with Crippen molar-refractivity contribution in [2.75, 3.05) is 11.9 Å². The van der Waals surface area contributed by atoms with Crippen molar-refractivity contribution < 1.29 is 13.9 Å². The fraction of sp³-hybridized carbons (Fsp3) is 0.200. The quantitative estimate of drug-likeness (QED) is 0.581. The van der Waals surface area contributed by atoms with Crippen LogP contribution in [0.25, 0.3) is 11.0 Å². The average Bonchev–Trinajstić information content (AvgIpc) is 2.63. The number of ether oxygens (including phenoxy) is 1. The first kappa shape index (κ1) is 19.3. The van der Waals surface area contributed by atoms with Gasteiger partial charge in [-0.3, -0.25) is 4.79 Å². The van der Waals surface area contributed by atoms with Gasteiger partial charge in [0.05, 0.1) is 15.7 Å². The monoisotopic (exact) mass is 405 g/mol. The Morgan fingerprint density at radius 1 is 1.15 bits per heavy atom. The summed E-state index contributed by atoms with van der Waals surface area (Å²) in [4.78, 5) is 23.8. The molecule has 0 unspecified atom stereocenters. The maximum Gasteiger partial charge on any atom is 0.336 e. The van der Waals surface area contributed by atoms with Crippen LogP contribution in [-0.4, -0.2) is 12.5 Å². The first-order valence-electron chi connectivity index (χ1n) is 8.41. The predicted molar refractivity (Wildman–Crippen MR) is 107 cm³/mol. The van der Waals surface area contributed by atoms with E-state index >= 15 is 0 Å². The Morgan fingerprint density at radius 2 is 1.89 bits per heavy atom. The van der Waals surface area contributed by atoms with Crippen molar-refractivity contribution in [2.24, 2.45) is 0 Å². The highest BCUT2D eigenvalue weighted by Gasteiger charge is 2.11. The molecule has 27 heavy (non-hydrogen) atoms. The van der Waals surface area contributed by atoms with Crippen molar-refractivity contribution in [3.63, 3.8) is 0 Å². The van der Waals surface area contributed by atoms with Gasteiger partial charge in [-0.2, -0.15) is 0 Å². The van der Waals surface area contributed by atoms with E-state index in [1.807, 2.05) is 13.0 Å². The Balaban J connectivity index is 1.73. The fourth-order valence-electron chi connectivity index (χ4n) is 2.72. The minimum Gasteiger partial charge on any atom is -0.484 e. The lowest BCUT2D eigenvalue weighted by Gasteiger charge is -2.11. The molecule has 1 N–H and O–H groups in total. The van der Waals surface area contributed by atoms with E-state index < -0.39 is 11.5 Å². The topological polar surface area (TPSA) is 68.5 Å². The second-order valence-electron chi connectivity index (χ2n) is 5.93. The van der Waals surface area contributed by atoms with Crippen molar-refractivity contribution in [3.05, 3.63) is 68.5 Å². The zero-order valence-electron chi connectivity index (χ0n) is 14.6. The minimum atomic E-state index is -0.411. The summed E-state index contributed by atoms with van der Waals surface area (Å²) >= 11 is 12.1. The van der Waals surface area contributed by atoms with Gasteiger partial charge in [0, 0.05) is 17.5 Å². The Hall–Kier alpha value is -2.50. The molecule has 140 valence electrons. The second kappa shape index (κ2) is 8.46. The van der Waals surface area contributed by atoms with E-state index in [0.29, 0.717) is 27.1 Å².